The minimum atomic E-state index is -0.647. The number of allylic oxidation sites excluding steroid dienone is 2. The fourth-order valence-corrected chi connectivity index (χ4v) is 11.4. The molecule has 0 spiro atoms. The summed E-state index contributed by atoms with van der Waals surface area (Å²) < 4.78 is 6.12. The number of carboxylic acids is 1. The Labute approximate surface area is 283 Å². The van der Waals surface area contributed by atoms with Crippen LogP contribution in [0.25, 0.3) is 0 Å². The van der Waals surface area contributed by atoms with Crippen LogP contribution in [0.1, 0.15) is 188 Å². The van der Waals surface area contributed by atoms with Crippen LogP contribution < -0.4 is 0 Å². The van der Waals surface area contributed by atoms with Gasteiger partial charge in [0, 0.05) is 12.8 Å². The molecule has 0 aromatic carbocycles. The molecule has 4 saturated carbocycles. The molecule has 4 rings (SSSR count). The number of carbonyl (C=O) groups is 2. The summed E-state index contributed by atoms with van der Waals surface area (Å²) in [6.07, 6.45) is 34.5. The lowest BCUT2D eigenvalue weighted by atomic mass is 9.44. The molecule has 0 unspecified atom stereocenters. The van der Waals surface area contributed by atoms with Gasteiger partial charge in [0.25, 0.3) is 0 Å². The van der Waals surface area contributed by atoms with E-state index >= 15 is 0 Å². The zero-order chi connectivity index (χ0) is 33.0. The highest BCUT2D eigenvalue weighted by molar-refractivity contribution is 5.69. The maximum atomic E-state index is 12.8. The Kier molecular flexibility index (Phi) is 15.0. The molecule has 0 amide bonds. The number of esters is 1. The number of ether oxygens (including phenoxy) is 1. The van der Waals surface area contributed by atoms with Crippen molar-refractivity contribution in [3.63, 3.8) is 0 Å². The van der Waals surface area contributed by atoms with Gasteiger partial charge < -0.3 is 9.84 Å². The Morgan fingerprint density at radius 1 is 0.761 bits per heavy atom. The smallest absolute Gasteiger partial charge is 0.306 e. The van der Waals surface area contributed by atoms with E-state index < -0.39 is 5.97 Å². The van der Waals surface area contributed by atoms with E-state index in [4.69, 9.17) is 4.74 Å². The normalized spacial score (nSPS) is 34.5. The summed E-state index contributed by atoms with van der Waals surface area (Å²) in [5, 5.41) is 9.26. The standard InChI is InChI=1S/C42H72O4/c1-5-6-7-8-9-10-11-12-13-14-15-16-17-18-19-20-40(45)46-34-27-29-41(3)33(31-34)22-23-35-37-25-24-36(32(2)21-26-39(43)44)42(37,4)30-28-38(35)41/h12-13,32-38H,5-11,14-31H2,1-4H3,(H,43,44)/b13-12-/t32-,33-,34-,35+,36-,37+,38+,41+,42-/m1/s1. The van der Waals surface area contributed by atoms with Gasteiger partial charge in [0.05, 0.1) is 0 Å². The van der Waals surface area contributed by atoms with Gasteiger partial charge in [-0.3, -0.25) is 9.59 Å². The van der Waals surface area contributed by atoms with Crippen molar-refractivity contribution in [2.75, 3.05) is 0 Å². The van der Waals surface area contributed by atoms with Crippen LogP contribution in [0.4, 0.5) is 0 Å². The van der Waals surface area contributed by atoms with Crippen LogP contribution in [-0.4, -0.2) is 23.1 Å². The van der Waals surface area contributed by atoms with Crippen LogP contribution in [0, 0.1) is 46.3 Å². The molecule has 4 fully saturated rings. The molecule has 1 N–H and O–H groups in total. The lowest BCUT2D eigenvalue weighted by Crippen LogP contribution is -2.54. The van der Waals surface area contributed by atoms with Gasteiger partial charge in [-0.1, -0.05) is 91.2 Å². The Balaban J connectivity index is 1.10. The topological polar surface area (TPSA) is 63.6 Å². The first-order valence-corrected chi connectivity index (χ1v) is 20.2. The predicted octanol–water partition coefficient (Wildman–Crippen LogP) is 12.1. The van der Waals surface area contributed by atoms with Crippen molar-refractivity contribution in [2.24, 2.45) is 46.3 Å². The Hall–Kier alpha value is -1.32. The molecule has 0 radical (unpaired) electrons. The van der Waals surface area contributed by atoms with Crippen LogP contribution in [-0.2, 0) is 14.3 Å². The molecule has 4 aliphatic rings. The van der Waals surface area contributed by atoms with Crippen molar-refractivity contribution >= 4 is 11.9 Å². The van der Waals surface area contributed by atoms with E-state index in [1.807, 2.05) is 0 Å². The first-order chi connectivity index (χ1) is 22.2. The molecular weight excluding hydrogens is 568 g/mol. The van der Waals surface area contributed by atoms with Crippen LogP contribution in [0.3, 0.4) is 0 Å². The molecule has 0 bridgehead atoms. The first kappa shape index (κ1) is 37.5. The Bertz CT molecular complexity index is 957. The van der Waals surface area contributed by atoms with Gasteiger partial charge in [-0.25, -0.2) is 0 Å². The largest absolute Gasteiger partial charge is 0.481 e. The molecule has 46 heavy (non-hydrogen) atoms. The highest BCUT2D eigenvalue weighted by Gasteiger charge is 2.60. The summed E-state index contributed by atoms with van der Waals surface area (Å²) in [4.78, 5) is 24.0. The lowest BCUT2D eigenvalue weighted by molar-refractivity contribution is -0.162. The predicted molar refractivity (Wildman–Crippen MR) is 191 cm³/mol. The third kappa shape index (κ3) is 9.87. The minimum Gasteiger partial charge on any atom is -0.481 e. The molecule has 4 aliphatic carbocycles. The van der Waals surface area contributed by atoms with E-state index in [1.165, 1.54) is 116 Å². The van der Waals surface area contributed by atoms with Crippen molar-refractivity contribution in [2.45, 2.75) is 194 Å². The van der Waals surface area contributed by atoms with E-state index in [9.17, 15) is 14.7 Å². The van der Waals surface area contributed by atoms with Crippen molar-refractivity contribution in [3.05, 3.63) is 12.2 Å². The van der Waals surface area contributed by atoms with Crippen LogP contribution in [0.15, 0.2) is 12.2 Å². The molecule has 9 atom stereocenters. The zero-order valence-electron chi connectivity index (χ0n) is 30.5. The number of unbranched alkanes of at least 4 members (excludes halogenated alkanes) is 11. The number of aliphatic carboxylic acids is 1. The minimum absolute atomic E-state index is 0.0439. The number of rotatable bonds is 20. The summed E-state index contributed by atoms with van der Waals surface area (Å²) in [6, 6.07) is 0. The van der Waals surface area contributed by atoms with E-state index in [-0.39, 0.29) is 12.1 Å². The van der Waals surface area contributed by atoms with Gasteiger partial charge in [0.15, 0.2) is 0 Å². The molecule has 0 aliphatic heterocycles. The van der Waals surface area contributed by atoms with Gasteiger partial charge in [0.2, 0.25) is 0 Å². The third-order valence-corrected chi connectivity index (χ3v) is 14.1. The Morgan fingerprint density at radius 2 is 1.39 bits per heavy atom. The van der Waals surface area contributed by atoms with Crippen molar-refractivity contribution in [1.82, 2.24) is 0 Å². The number of carbonyl (C=O) groups excluding carboxylic acids is 1. The third-order valence-electron chi connectivity index (χ3n) is 14.1. The maximum absolute atomic E-state index is 12.8. The second kappa shape index (κ2) is 18.4. The summed E-state index contributed by atoms with van der Waals surface area (Å²) >= 11 is 0. The SMILES string of the molecule is CCCCCCCC/C=C\CCCCCCCC(=O)O[C@@H]1CC[C@@]2(C)[C@H](CC[C@@H]3[C@@H]2CC[C@]2(C)[C@@H]([C@H](C)CCC(=O)O)CC[C@@H]32)C1. The fourth-order valence-electron chi connectivity index (χ4n) is 11.4. The van der Waals surface area contributed by atoms with E-state index in [0.29, 0.717) is 41.4 Å². The number of hydrogen-bond donors (Lipinski definition) is 1. The fraction of sp³-hybridized carbons (Fsp3) is 0.905. The average molecular weight is 641 g/mol. The highest BCUT2D eigenvalue weighted by Crippen LogP contribution is 2.68. The highest BCUT2D eigenvalue weighted by atomic mass is 16.5. The second-order valence-corrected chi connectivity index (χ2v) is 17.0. The molecule has 0 aromatic heterocycles. The quantitative estimate of drug-likeness (QED) is 0.0817. The molecule has 0 saturated heterocycles. The van der Waals surface area contributed by atoms with Crippen molar-refractivity contribution in [1.29, 1.82) is 0 Å². The summed E-state index contributed by atoms with van der Waals surface area (Å²) in [7, 11) is 0. The van der Waals surface area contributed by atoms with Crippen LogP contribution in [0.2, 0.25) is 0 Å². The number of hydrogen-bond acceptors (Lipinski definition) is 3. The first-order valence-electron chi connectivity index (χ1n) is 20.2. The summed E-state index contributed by atoms with van der Waals surface area (Å²) in [5.74, 6) is 3.72. The van der Waals surface area contributed by atoms with E-state index in [0.717, 1.165) is 49.9 Å². The van der Waals surface area contributed by atoms with Crippen molar-refractivity contribution in [3.8, 4) is 0 Å². The van der Waals surface area contributed by atoms with Gasteiger partial charge in [0.1, 0.15) is 6.10 Å². The number of fused-ring (bicyclic) bond motifs is 5. The second-order valence-electron chi connectivity index (χ2n) is 17.0. The molecule has 4 nitrogen and oxygen atoms in total. The monoisotopic (exact) mass is 641 g/mol. The lowest BCUT2D eigenvalue weighted by Gasteiger charge is -2.61. The van der Waals surface area contributed by atoms with Gasteiger partial charge >= 0.3 is 11.9 Å². The average Bonchev–Trinajstić information content (AvgIpc) is 3.39. The molecular formula is C42H72O4. The van der Waals surface area contributed by atoms with Gasteiger partial charge in [-0.2, -0.15) is 0 Å². The maximum Gasteiger partial charge on any atom is 0.306 e. The van der Waals surface area contributed by atoms with E-state index in [2.05, 4.69) is 39.8 Å². The Morgan fingerprint density at radius 3 is 2.09 bits per heavy atom. The molecule has 264 valence electrons. The zero-order valence-corrected chi connectivity index (χ0v) is 30.5. The van der Waals surface area contributed by atoms with Crippen LogP contribution >= 0.6 is 0 Å². The van der Waals surface area contributed by atoms with E-state index in [1.54, 1.807) is 0 Å². The molecule has 4 heteroatoms. The molecule has 0 heterocycles. The van der Waals surface area contributed by atoms with Crippen LogP contribution in [0.5, 0.6) is 0 Å². The summed E-state index contributed by atoms with van der Waals surface area (Å²) in [5.41, 5.74) is 0.780. The summed E-state index contributed by atoms with van der Waals surface area (Å²) in [6.45, 7) is 9.78. The van der Waals surface area contributed by atoms with Crippen molar-refractivity contribution < 1.29 is 19.4 Å². The van der Waals surface area contributed by atoms with Gasteiger partial charge in [-0.15, -0.1) is 0 Å². The van der Waals surface area contributed by atoms with Gasteiger partial charge in [-0.05, 0) is 143 Å². The molecule has 0 aromatic rings. The number of carboxylic acid groups (broad SMARTS) is 1.